The predicted molar refractivity (Wildman–Crippen MR) is 69.5 cm³/mol. The molecule has 0 atom stereocenters. The van der Waals surface area contributed by atoms with Gasteiger partial charge in [0.15, 0.2) is 0 Å². The van der Waals surface area contributed by atoms with Crippen LogP contribution in [0.3, 0.4) is 0 Å². The number of nitrogen functional groups attached to an aromatic ring is 1. The highest BCUT2D eigenvalue weighted by molar-refractivity contribution is 5.50. The molecule has 17 heavy (non-hydrogen) atoms. The summed E-state index contributed by atoms with van der Waals surface area (Å²) in [6, 6.07) is 5.60. The Morgan fingerprint density at radius 3 is 2.41 bits per heavy atom. The summed E-state index contributed by atoms with van der Waals surface area (Å²) >= 11 is 0. The molecule has 0 aliphatic heterocycles. The van der Waals surface area contributed by atoms with E-state index in [4.69, 9.17) is 15.2 Å². The molecule has 1 aliphatic carbocycles. The molecule has 2 rings (SSSR count). The van der Waals surface area contributed by atoms with Crippen molar-refractivity contribution < 1.29 is 9.47 Å². The fourth-order valence-electron chi connectivity index (χ4n) is 2.32. The fourth-order valence-corrected chi connectivity index (χ4v) is 2.32. The lowest BCUT2D eigenvalue weighted by Crippen LogP contribution is -2.08. The van der Waals surface area contributed by atoms with Crippen LogP contribution in [0.25, 0.3) is 0 Å². The molecule has 3 nitrogen and oxygen atoms in total. The van der Waals surface area contributed by atoms with Gasteiger partial charge in [-0.3, -0.25) is 0 Å². The summed E-state index contributed by atoms with van der Waals surface area (Å²) in [7, 11) is 0. The molecule has 1 aromatic carbocycles. The standard InChI is InChI=1S/C14H21NO2/c1-2-16-13-7-12(15)8-14(9-13)17-10-11-5-3-4-6-11/h7-9,11H,2-6,10,15H2,1H3. The molecule has 0 unspecified atom stereocenters. The number of anilines is 1. The predicted octanol–water partition coefficient (Wildman–Crippen LogP) is 3.24. The lowest BCUT2D eigenvalue weighted by atomic mass is 10.1. The van der Waals surface area contributed by atoms with Gasteiger partial charge in [0.05, 0.1) is 13.2 Å². The highest BCUT2D eigenvalue weighted by Gasteiger charge is 2.15. The Kier molecular flexibility index (Phi) is 4.13. The molecule has 0 saturated heterocycles. The topological polar surface area (TPSA) is 44.5 Å². The maximum absolute atomic E-state index is 5.81. The second-order valence-corrected chi connectivity index (χ2v) is 4.63. The van der Waals surface area contributed by atoms with E-state index in [0.717, 1.165) is 18.1 Å². The van der Waals surface area contributed by atoms with Crippen LogP contribution in [0.5, 0.6) is 11.5 Å². The third-order valence-electron chi connectivity index (χ3n) is 3.17. The van der Waals surface area contributed by atoms with Crippen LogP contribution in [-0.2, 0) is 0 Å². The van der Waals surface area contributed by atoms with Crippen LogP contribution in [0.4, 0.5) is 5.69 Å². The molecule has 3 heteroatoms. The Hall–Kier alpha value is -1.38. The molecular weight excluding hydrogens is 214 g/mol. The van der Waals surface area contributed by atoms with E-state index in [-0.39, 0.29) is 0 Å². The van der Waals surface area contributed by atoms with Gasteiger partial charge in [0.2, 0.25) is 0 Å². The molecule has 0 bridgehead atoms. The lowest BCUT2D eigenvalue weighted by Gasteiger charge is -2.13. The van der Waals surface area contributed by atoms with Gasteiger partial charge in [-0.1, -0.05) is 12.8 Å². The maximum Gasteiger partial charge on any atom is 0.125 e. The van der Waals surface area contributed by atoms with Crippen molar-refractivity contribution in [3.8, 4) is 11.5 Å². The zero-order valence-corrected chi connectivity index (χ0v) is 10.4. The fraction of sp³-hybridized carbons (Fsp3) is 0.571. The normalized spacial score (nSPS) is 16.1. The molecule has 0 heterocycles. The largest absolute Gasteiger partial charge is 0.494 e. The Morgan fingerprint density at radius 2 is 1.76 bits per heavy atom. The van der Waals surface area contributed by atoms with Crippen molar-refractivity contribution in [1.82, 2.24) is 0 Å². The van der Waals surface area contributed by atoms with Crippen molar-refractivity contribution in [2.75, 3.05) is 18.9 Å². The smallest absolute Gasteiger partial charge is 0.125 e. The van der Waals surface area contributed by atoms with Crippen molar-refractivity contribution >= 4 is 5.69 Å². The Bertz CT molecular complexity index is 359. The van der Waals surface area contributed by atoms with Gasteiger partial charge in [-0.25, -0.2) is 0 Å². The molecule has 0 aromatic heterocycles. The van der Waals surface area contributed by atoms with E-state index in [9.17, 15) is 0 Å². The molecule has 0 spiro atoms. The molecule has 1 fully saturated rings. The molecule has 1 aromatic rings. The van der Waals surface area contributed by atoms with Gasteiger partial charge in [0, 0.05) is 23.9 Å². The highest BCUT2D eigenvalue weighted by atomic mass is 16.5. The zero-order chi connectivity index (χ0) is 12.1. The second kappa shape index (κ2) is 5.80. The minimum Gasteiger partial charge on any atom is -0.494 e. The van der Waals surface area contributed by atoms with Crippen molar-refractivity contribution in [3.63, 3.8) is 0 Å². The van der Waals surface area contributed by atoms with Crippen LogP contribution in [-0.4, -0.2) is 13.2 Å². The third kappa shape index (κ3) is 3.55. The van der Waals surface area contributed by atoms with E-state index in [1.807, 2.05) is 25.1 Å². The number of hydrogen-bond donors (Lipinski definition) is 1. The Balaban J connectivity index is 1.94. The van der Waals surface area contributed by atoms with Crippen LogP contribution in [0, 0.1) is 5.92 Å². The van der Waals surface area contributed by atoms with Crippen LogP contribution in [0.2, 0.25) is 0 Å². The summed E-state index contributed by atoms with van der Waals surface area (Å²) in [6.45, 7) is 3.41. The average Bonchev–Trinajstić information content (AvgIpc) is 2.79. The van der Waals surface area contributed by atoms with E-state index in [0.29, 0.717) is 18.2 Å². The molecule has 94 valence electrons. The monoisotopic (exact) mass is 235 g/mol. The first-order valence-corrected chi connectivity index (χ1v) is 6.44. The number of hydrogen-bond acceptors (Lipinski definition) is 3. The van der Waals surface area contributed by atoms with Gasteiger partial charge >= 0.3 is 0 Å². The molecule has 0 amide bonds. The van der Waals surface area contributed by atoms with Crippen molar-refractivity contribution in [1.29, 1.82) is 0 Å². The number of nitrogens with two attached hydrogens (primary N) is 1. The molecular formula is C14H21NO2. The van der Waals surface area contributed by atoms with E-state index >= 15 is 0 Å². The summed E-state index contributed by atoms with van der Waals surface area (Å²) in [5, 5.41) is 0. The SMILES string of the molecule is CCOc1cc(N)cc(OCC2CCCC2)c1. The van der Waals surface area contributed by atoms with Crippen molar-refractivity contribution in [2.24, 2.45) is 5.92 Å². The van der Waals surface area contributed by atoms with Gasteiger partial charge in [-0.05, 0) is 25.7 Å². The third-order valence-corrected chi connectivity index (χ3v) is 3.17. The number of benzene rings is 1. The minimum atomic E-state index is 0.644. The Morgan fingerprint density at radius 1 is 1.12 bits per heavy atom. The van der Waals surface area contributed by atoms with Crippen LogP contribution in [0.1, 0.15) is 32.6 Å². The molecule has 1 aliphatic rings. The van der Waals surface area contributed by atoms with E-state index in [1.54, 1.807) is 0 Å². The average molecular weight is 235 g/mol. The Labute approximate surface area is 103 Å². The number of rotatable bonds is 5. The summed E-state index contributed by atoms with van der Waals surface area (Å²) in [6.07, 6.45) is 5.27. The van der Waals surface area contributed by atoms with E-state index in [1.165, 1.54) is 25.7 Å². The minimum absolute atomic E-state index is 0.644. The summed E-state index contributed by atoms with van der Waals surface area (Å²) in [4.78, 5) is 0. The quantitative estimate of drug-likeness (QED) is 0.797. The van der Waals surface area contributed by atoms with Gasteiger partial charge in [-0.2, -0.15) is 0 Å². The first-order valence-electron chi connectivity index (χ1n) is 6.44. The maximum atomic E-state index is 5.81. The summed E-state index contributed by atoms with van der Waals surface area (Å²) in [5.41, 5.74) is 6.51. The van der Waals surface area contributed by atoms with E-state index < -0.39 is 0 Å². The summed E-state index contributed by atoms with van der Waals surface area (Å²) in [5.74, 6) is 2.32. The summed E-state index contributed by atoms with van der Waals surface area (Å²) < 4.78 is 11.2. The zero-order valence-electron chi connectivity index (χ0n) is 10.4. The van der Waals surface area contributed by atoms with Crippen molar-refractivity contribution in [3.05, 3.63) is 18.2 Å². The van der Waals surface area contributed by atoms with Gasteiger partial charge < -0.3 is 15.2 Å². The van der Waals surface area contributed by atoms with Crippen LogP contribution >= 0.6 is 0 Å². The molecule has 2 N–H and O–H groups in total. The molecule has 1 saturated carbocycles. The van der Waals surface area contributed by atoms with E-state index in [2.05, 4.69) is 0 Å². The van der Waals surface area contributed by atoms with Crippen LogP contribution < -0.4 is 15.2 Å². The van der Waals surface area contributed by atoms with Crippen LogP contribution in [0.15, 0.2) is 18.2 Å². The first-order chi connectivity index (χ1) is 8.28. The number of ether oxygens (including phenoxy) is 2. The first kappa shape index (κ1) is 12.1. The van der Waals surface area contributed by atoms with Gasteiger partial charge in [-0.15, -0.1) is 0 Å². The van der Waals surface area contributed by atoms with Gasteiger partial charge in [0.1, 0.15) is 11.5 Å². The molecule has 0 radical (unpaired) electrons. The lowest BCUT2D eigenvalue weighted by molar-refractivity contribution is 0.250. The second-order valence-electron chi connectivity index (χ2n) is 4.63. The van der Waals surface area contributed by atoms with Crippen molar-refractivity contribution in [2.45, 2.75) is 32.6 Å². The van der Waals surface area contributed by atoms with Gasteiger partial charge in [0.25, 0.3) is 0 Å². The highest BCUT2D eigenvalue weighted by Crippen LogP contribution is 2.28.